The first kappa shape index (κ1) is 13.7. The lowest BCUT2D eigenvalue weighted by Gasteiger charge is -2.11. The van der Waals surface area contributed by atoms with Crippen LogP contribution in [-0.4, -0.2) is 22.5 Å². The first-order valence-electron chi connectivity index (χ1n) is 4.98. The van der Waals surface area contributed by atoms with Crippen molar-refractivity contribution < 1.29 is 9.90 Å². The monoisotopic (exact) mass is 272 g/mol. The van der Waals surface area contributed by atoms with E-state index in [9.17, 15) is 9.90 Å². The van der Waals surface area contributed by atoms with Crippen molar-refractivity contribution in [2.24, 2.45) is 11.7 Å². The highest BCUT2D eigenvalue weighted by Crippen LogP contribution is 2.20. The van der Waals surface area contributed by atoms with E-state index in [0.29, 0.717) is 11.5 Å². The molecule has 1 aromatic rings. The summed E-state index contributed by atoms with van der Waals surface area (Å²) in [7, 11) is 0. The van der Waals surface area contributed by atoms with Gasteiger partial charge in [0.1, 0.15) is 5.75 Å². The van der Waals surface area contributed by atoms with E-state index in [4.69, 9.17) is 29.6 Å². The third kappa shape index (κ3) is 3.87. The lowest BCUT2D eigenvalue weighted by atomic mass is 10.1. The quantitative estimate of drug-likeness (QED) is 0.729. The molecule has 4 N–H and O–H groups in total. The molecule has 0 saturated carbocycles. The molecule has 1 unspecified atom stereocenters. The molecule has 92 valence electrons. The van der Waals surface area contributed by atoms with Gasteiger partial charge in [-0.1, -0.05) is 30.7 Å². The van der Waals surface area contributed by atoms with Gasteiger partial charge in [-0.25, -0.2) is 0 Å². The Bertz CT molecular complexity index is 451. The summed E-state index contributed by atoms with van der Waals surface area (Å²) in [5.74, 6) is -0.471. The number of rotatable bonds is 4. The smallest absolute Gasteiger partial charge is 0.252 e. The summed E-state index contributed by atoms with van der Waals surface area (Å²) in [6, 6.07) is 4.18. The molecule has 0 radical (unpaired) electrons. The van der Waals surface area contributed by atoms with Gasteiger partial charge >= 0.3 is 0 Å². The first-order valence-corrected chi connectivity index (χ1v) is 5.76. The zero-order valence-corrected chi connectivity index (χ0v) is 10.8. The molecule has 0 aliphatic rings. The highest BCUT2D eigenvalue weighted by atomic mass is 35.5. The number of phenols is 1. The molecule has 6 heteroatoms. The van der Waals surface area contributed by atoms with Crippen molar-refractivity contribution in [2.75, 3.05) is 6.54 Å². The molecular weight excluding hydrogens is 260 g/mol. The van der Waals surface area contributed by atoms with Crippen LogP contribution in [0.2, 0.25) is 5.02 Å². The van der Waals surface area contributed by atoms with Crippen molar-refractivity contribution in [3.05, 3.63) is 28.8 Å². The summed E-state index contributed by atoms with van der Waals surface area (Å²) in [6.45, 7) is 2.15. The third-order valence-electron chi connectivity index (χ3n) is 2.25. The maximum absolute atomic E-state index is 11.8. The number of benzene rings is 1. The summed E-state index contributed by atoms with van der Waals surface area (Å²) in [5, 5.41) is 12.2. The summed E-state index contributed by atoms with van der Waals surface area (Å²) in [6.07, 6.45) is 0. The second-order valence-electron chi connectivity index (χ2n) is 3.68. The molecule has 1 aromatic carbocycles. The van der Waals surface area contributed by atoms with E-state index < -0.39 is 0 Å². The number of thiocarbonyl (C=S) groups is 1. The van der Waals surface area contributed by atoms with E-state index in [-0.39, 0.29) is 28.2 Å². The van der Waals surface area contributed by atoms with Gasteiger partial charge in [0, 0.05) is 12.5 Å². The fourth-order valence-electron chi connectivity index (χ4n) is 1.13. The molecule has 0 heterocycles. The van der Waals surface area contributed by atoms with E-state index >= 15 is 0 Å². The second-order valence-corrected chi connectivity index (χ2v) is 4.56. The highest BCUT2D eigenvalue weighted by Gasteiger charge is 2.13. The molecule has 4 nitrogen and oxygen atoms in total. The van der Waals surface area contributed by atoms with Crippen LogP contribution in [0.1, 0.15) is 17.3 Å². The Kier molecular flexibility index (Phi) is 4.72. The van der Waals surface area contributed by atoms with Gasteiger partial charge < -0.3 is 16.2 Å². The molecule has 17 heavy (non-hydrogen) atoms. The van der Waals surface area contributed by atoms with Gasteiger partial charge in [-0.15, -0.1) is 0 Å². The molecular formula is C11H13ClN2O2S. The van der Waals surface area contributed by atoms with Crippen molar-refractivity contribution >= 4 is 34.7 Å². The standard InChI is InChI=1S/C11H13ClN2O2S/c1-6(10(13)17)5-14-11(16)8-4-7(15)2-3-9(8)12/h2-4,6,15H,5H2,1H3,(H2,13,17)(H,14,16). The van der Waals surface area contributed by atoms with Crippen LogP contribution in [0.4, 0.5) is 0 Å². The molecule has 1 rings (SSSR count). The lowest BCUT2D eigenvalue weighted by Crippen LogP contribution is -2.33. The Balaban J connectivity index is 2.70. The van der Waals surface area contributed by atoms with Gasteiger partial charge in [-0.05, 0) is 18.2 Å². The molecule has 0 spiro atoms. The molecule has 1 atom stereocenters. The van der Waals surface area contributed by atoms with Gasteiger partial charge in [-0.3, -0.25) is 4.79 Å². The van der Waals surface area contributed by atoms with E-state index in [1.54, 1.807) is 0 Å². The second kappa shape index (κ2) is 5.84. The molecule has 0 fully saturated rings. The largest absolute Gasteiger partial charge is 0.508 e. The van der Waals surface area contributed by atoms with E-state index in [1.165, 1.54) is 18.2 Å². The van der Waals surface area contributed by atoms with Crippen LogP contribution in [0, 0.1) is 5.92 Å². The number of amides is 1. The predicted molar refractivity (Wildman–Crippen MR) is 71.4 cm³/mol. The number of carbonyl (C=O) groups excluding carboxylic acids is 1. The number of nitrogens with one attached hydrogen (secondary N) is 1. The Labute approximate surface area is 110 Å². The maximum Gasteiger partial charge on any atom is 0.252 e. The average Bonchev–Trinajstić information content (AvgIpc) is 2.28. The normalized spacial score (nSPS) is 11.9. The fourth-order valence-corrected chi connectivity index (χ4v) is 1.42. The van der Waals surface area contributed by atoms with Crippen LogP contribution in [-0.2, 0) is 0 Å². The van der Waals surface area contributed by atoms with Crippen LogP contribution >= 0.6 is 23.8 Å². The van der Waals surface area contributed by atoms with Crippen LogP contribution in [0.25, 0.3) is 0 Å². The number of hydrogen-bond acceptors (Lipinski definition) is 3. The number of carbonyl (C=O) groups is 1. The Morgan fingerprint density at radius 3 is 2.88 bits per heavy atom. The van der Waals surface area contributed by atoms with Crippen LogP contribution in [0.15, 0.2) is 18.2 Å². The Morgan fingerprint density at radius 1 is 1.65 bits per heavy atom. The molecule has 0 bridgehead atoms. The topological polar surface area (TPSA) is 75.3 Å². The number of phenolic OH excluding ortho intramolecular Hbond substituents is 1. The Morgan fingerprint density at radius 2 is 2.29 bits per heavy atom. The predicted octanol–water partition coefficient (Wildman–Crippen LogP) is 1.70. The van der Waals surface area contributed by atoms with Crippen molar-refractivity contribution in [1.29, 1.82) is 0 Å². The minimum Gasteiger partial charge on any atom is -0.508 e. The SMILES string of the molecule is CC(CNC(=O)c1cc(O)ccc1Cl)C(N)=S. The molecule has 0 saturated heterocycles. The molecule has 0 aliphatic heterocycles. The van der Waals surface area contributed by atoms with E-state index in [1.807, 2.05) is 6.92 Å². The van der Waals surface area contributed by atoms with Gasteiger partial charge in [0.05, 0.1) is 15.6 Å². The zero-order chi connectivity index (χ0) is 13.0. The van der Waals surface area contributed by atoms with Crippen molar-refractivity contribution in [1.82, 2.24) is 5.32 Å². The molecule has 0 aromatic heterocycles. The third-order valence-corrected chi connectivity index (χ3v) is 2.98. The van der Waals surface area contributed by atoms with E-state index in [2.05, 4.69) is 5.32 Å². The van der Waals surface area contributed by atoms with Gasteiger partial charge in [-0.2, -0.15) is 0 Å². The summed E-state index contributed by atoms with van der Waals surface area (Å²) < 4.78 is 0. The lowest BCUT2D eigenvalue weighted by molar-refractivity contribution is 0.0951. The number of nitrogens with two attached hydrogens (primary N) is 1. The van der Waals surface area contributed by atoms with Crippen molar-refractivity contribution in [3.63, 3.8) is 0 Å². The Hall–Kier alpha value is -1.33. The molecule has 1 amide bonds. The number of hydrogen-bond donors (Lipinski definition) is 3. The minimum absolute atomic E-state index is 0.0121. The van der Waals surface area contributed by atoms with Crippen LogP contribution in [0.3, 0.4) is 0 Å². The van der Waals surface area contributed by atoms with Crippen LogP contribution in [0.5, 0.6) is 5.75 Å². The van der Waals surface area contributed by atoms with Crippen molar-refractivity contribution in [2.45, 2.75) is 6.92 Å². The zero-order valence-electron chi connectivity index (χ0n) is 9.24. The van der Waals surface area contributed by atoms with E-state index in [0.717, 1.165) is 0 Å². The molecule has 0 aliphatic carbocycles. The number of halogens is 1. The summed E-state index contributed by atoms with van der Waals surface area (Å²) in [5.41, 5.74) is 5.65. The average molecular weight is 273 g/mol. The van der Waals surface area contributed by atoms with Crippen LogP contribution < -0.4 is 11.1 Å². The van der Waals surface area contributed by atoms with Gasteiger partial charge in [0.25, 0.3) is 5.91 Å². The minimum atomic E-state index is -0.367. The fraction of sp³-hybridized carbons (Fsp3) is 0.273. The summed E-state index contributed by atoms with van der Waals surface area (Å²) in [4.78, 5) is 12.1. The number of aromatic hydroxyl groups is 1. The van der Waals surface area contributed by atoms with Gasteiger partial charge in [0.2, 0.25) is 0 Å². The maximum atomic E-state index is 11.8. The summed E-state index contributed by atoms with van der Waals surface area (Å²) >= 11 is 10.6. The van der Waals surface area contributed by atoms with Crippen molar-refractivity contribution in [3.8, 4) is 5.75 Å². The highest BCUT2D eigenvalue weighted by molar-refractivity contribution is 7.80. The van der Waals surface area contributed by atoms with Gasteiger partial charge in [0.15, 0.2) is 0 Å². The first-order chi connectivity index (χ1) is 7.91.